The fraction of sp³-hybridized carbons (Fsp3) is 0.937. The number of aliphatic hydroxyl groups is 1. The Kier molecular flexibility index (Phi) is 53.2. The topological polar surface area (TPSA) is 237 Å². The van der Waals surface area contributed by atoms with Gasteiger partial charge in [-0.05, 0) is 43.4 Å². The van der Waals surface area contributed by atoms with Gasteiger partial charge in [-0.25, -0.2) is 9.13 Å². The lowest BCUT2D eigenvalue weighted by Gasteiger charge is -2.21. The molecule has 0 heterocycles. The summed E-state index contributed by atoms with van der Waals surface area (Å²) in [5, 5.41) is 10.5. The predicted octanol–water partition coefficient (Wildman–Crippen LogP) is 17.1. The third kappa shape index (κ3) is 57.2. The second-order valence-corrected chi connectivity index (χ2v) is 27.1. The quantitative estimate of drug-likeness (QED) is 0.0222. The summed E-state index contributed by atoms with van der Waals surface area (Å²) in [5.74, 6) is 0.0459. The molecule has 5 atom stereocenters. The second-order valence-electron chi connectivity index (χ2n) is 24.2. The van der Waals surface area contributed by atoms with Crippen molar-refractivity contribution in [2.24, 2.45) is 17.8 Å². The first-order valence-electron chi connectivity index (χ1n) is 32.8. The maximum Gasteiger partial charge on any atom is 0.472 e. The van der Waals surface area contributed by atoms with Crippen molar-refractivity contribution < 1.29 is 80.2 Å². The molecule has 17 nitrogen and oxygen atoms in total. The lowest BCUT2D eigenvalue weighted by molar-refractivity contribution is -0.161. The molecule has 0 spiro atoms. The Morgan fingerprint density at radius 1 is 0.329 bits per heavy atom. The molecule has 2 unspecified atom stereocenters. The van der Waals surface area contributed by atoms with Crippen molar-refractivity contribution in [1.29, 1.82) is 0 Å². The van der Waals surface area contributed by atoms with Gasteiger partial charge >= 0.3 is 39.5 Å². The van der Waals surface area contributed by atoms with E-state index in [-0.39, 0.29) is 25.7 Å². The van der Waals surface area contributed by atoms with Gasteiger partial charge in [-0.15, -0.1) is 0 Å². The van der Waals surface area contributed by atoms with Gasteiger partial charge in [-0.3, -0.25) is 37.3 Å². The van der Waals surface area contributed by atoms with E-state index < -0.39 is 97.5 Å². The van der Waals surface area contributed by atoms with Crippen LogP contribution in [0.15, 0.2) is 0 Å². The Hall–Kier alpha value is -1.94. The highest BCUT2D eigenvalue weighted by Gasteiger charge is 2.30. The molecular formula is C63H122O17P2. The van der Waals surface area contributed by atoms with Gasteiger partial charge in [0.2, 0.25) is 0 Å². The van der Waals surface area contributed by atoms with Crippen molar-refractivity contribution in [2.45, 2.75) is 324 Å². The van der Waals surface area contributed by atoms with E-state index in [0.717, 1.165) is 109 Å². The van der Waals surface area contributed by atoms with Gasteiger partial charge in [-0.2, -0.15) is 0 Å². The minimum absolute atomic E-state index is 0.102. The average Bonchev–Trinajstić information content (AvgIpc) is 3.43. The molecule has 0 aromatic carbocycles. The number of carbonyl (C=O) groups is 4. The smallest absolute Gasteiger partial charge is 0.462 e. The molecule has 0 rings (SSSR count). The summed E-state index contributed by atoms with van der Waals surface area (Å²) >= 11 is 0. The van der Waals surface area contributed by atoms with Crippen molar-refractivity contribution in [3.63, 3.8) is 0 Å². The zero-order chi connectivity index (χ0) is 61.0. The molecular weight excluding hydrogens is 1090 g/mol. The zero-order valence-corrected chi connectivity index (χ0v) is 54.7. The highest BCUT2D eigenvalue weighted by molar-refractivity contribution is 7.47. The van der Waals surface area contributed by atoms with Crippen LogP contribution in [0.25, 0.3) is 0 Å². The molecule has 0 bridgehead atoms. The molecule has 0 saturated carbocycles. The second kappa shape index (κ2) is 54.5. The fourth-order valence-corrected chi connectivity index (χ4v) is 10.9. The van der Waals surface area contributed by atoms with E-state index in [9.17, 15) is 43.2 Å². The number of unbranched alkanes of at least 4 members (excludes halogenated alkanes) is 29. The Labute approximate surface area is 498 Å². The van der Waals surface area contributed by atoms with E-state index in [2.05, 4.69) is 48.5 Å². The Morgan fingerprint density at radius 3 is 0.829 bits per heavy atom. The summed E-state index contributed by atoms with van der Waals surface area (Å²) in [5.41, 5.74) is 0. The van der Waals surface area contributed by atoms with Gasteiger partial charge in [-0.1, -0.05) is 254 Å². The minimum Gasteiger partial charge on any atom is -0.462 e. The lowest BCUT2D eigenvalue weighted by atomic mass is 10.0. The van der Waals surface area contributed by atoms with Gasteiger partial charge in [0.1, 0.15) is 19.3 Å². The number of aliphatic hydroxyl groups excluding tert-OH is 1. The third-order valence-electron chi connectivity index (χ3n) is 14.4. The zero-order valence-electron chi connectivity index (χ0n) is 52.9. The Balaban J connectivity index is 5.15. The highest BCUT2D eigenvalue weighted by Crippen LogP contribution is 2.45. The number of ether oxygens (including phenoxy) is 4. The van der Waals surface area contributed by atoms with Crippen molar-refractivity contribution in [2.75, 3.05) is 39.6 Å². The number of esters is 4. The van der Waals surface area contributed by atoms with Crippen LogP contribution in [0.1, 0.15) is 305 Å². The van der Waals surface area contributed by atoms with Crippen LogP contribution in [0.3, 0.4) is 0 Å². The monoisotopic (exact) mass is 1210 g/mol. The molecule has 486 valence electrons. The Morgan fingerprint density at radius 2 is 0.561 bits per heavy atom. The van der Waals surface area contributed by atoms with Gasteiger partial charge in [0.05, 0.1) is 26.4 Å². The largest absolute Gasteiger partial charge is 0.472 e. The minimum atomic E-state index is -4.94. The van der Waals surface area contributed by atoms with Crippen molar-refractivity contribution in [3.05, 3.63) is 0 Å². The summed E-state index contributed by atoms with van der Waals surface area (Å²) in [7, 11) is -9.88. The molecule has 0 aromatic rings. The van der Waals surface area contributed by atoms with E-state index in [1.807, 2.05) is 0 Å². The van der Waals surface area contributed by atoms with E-state index in [0.29, 0.717) is 37.5 Å². The molecule has 0 aliphatic heterocycles. The summed E-state index contributed by atoms with van der Waals surface area (Å²) < 4.78 is 67.7. The van der Waals surface area contributed by atoms with E-state index in [4.69, 9.17) is 37.0 Å². The first-order chi connectivity index (χ1) is 39.2. The van der Waals surface area contributed by atoms with Gasteiger partial charge in [0.25, 0.3) is 0 Å². The maximum absolute atomic E-state index is 13.0. The van der Waals surface area contributed by atoms with Crippen LogP contribution < -0.4 is 0 Å². The van der Waals surface area contributed by atoms with Gasteiger partial charge in [0.15, 0.2) is 12.2 Å². The molecule has 19 heteroatoms. The number of hydrogen-bond acceptors (Lipinski definition) is 15. The normalized spacial score (nSPS) is 14.4. The SMILES string of the molecule is CCCCCCCC(=O)OC[C@H](COP(=O)(O)OC[C@H](O)COP(=O)(O)OC[C@@H](COC(=O)CCCCCCCCCC(C)C)OC(=O)CCCCCCCCCCCCCCCCC(C)C)OC(=O)CCCCCCCCCC(C)C. The molecule has 0 fully saturated rings. The van der Waals surface area contributed by atoms with Crippen LogP contribution in [0.2, 0.25) is 0 Å². The number of phosphoric acid groups is 2. The lowest BCUT2D eigenvalue weighted by Crippen LogP contribution is -2.30. The van der Waals surface area contributed by atoms with E-state index >= 15 is 0 Å². The fourth-order valence-electron chi connectivity index (χ4n) is 9.30. The molecule has 0 aliphatic rings. The molecule has 0 saturated heterocycles. The number of rotatable bonds is 61. The van der Waals surface area contributed by atoms with Crippen LogP contribution in [-0.4, -0.2) is 96.7 Å². The van der Waals surface area contributed by atoms with Crippen molar-refractivity contribution in [1.82, 2.24) is 0 Å². The standard InChI is InChI=1S/C63H122O17P2/c1-8-9-10-27-37-44-60(65)73-50-58(79-63(68)47-40-33-26-20-23-30-36-43-56(6)7)52-77-81(69,70)75-48-57(64)49-76-82(71,72)78-53-59(51-74-61(66)45-38-31-25-19-22-29-35-42-55(4)5)80-62(67)46-39-32-24-18-16-14-12-11-13-15-17-21-28-34-41-54(2)3/h54-59,64H,8-53H2,1-7H3,(H,69,70)(H,71,72)/t57-,58+,59+/m0/s1. The molecule has 82 heavy (non-hydrogen) atoms. The maximum atomic E-state index is 13.0. The summed E-state index contributed by atoms with van der Waals surface area (Å²) in [4.78, 5) is 71.9. The predicted molar refractivity (Wildman–Crippen MR) is 326 cm³/mol. The third-order valence-corrected chi connectivity index (χ3v) is 16.3. The molecule has 0 aliphatic carbocycles. The summed E-state index contributed by atoms with van der Waals surface area (Å²) in [6.45, 7) is 11.6. The van der Waals surface area contributed by atoms with Crippen LogP contribution in [0.4, 0.5) is 0 Å². The van der Waals surface area contributed by atoms with Crippen molar-refractivity contribution >= 4 is 39.5 Å². The average molecular weight is 1210 g/mol. The van der Waals surface area contributed by atoms with Gasteiger partial charge in [0, 0.05) is 25.7 Å². The molecule has 0 aromatic heterocycles. The molecule has 3 N–H and O–H groups in total. The first-order valence-corrected chi connectivity index (χ1v) is 35.8. The Bertz CT molecular complexity index is 1630. The molecule has 0 radical (unpaired) electrons. The summed E-state index contributed by atoms with van der Waals surface area (Å²) in [6.07, 6.45) is 35.4. The highest BCUT2D eigenvalue weighted by atomic mass is 31.2. The van der Waals surface area contributed by atoms with Gasteiger partial charge < -0.3 is 33.8 Å². The number of hydrogen-bond donors (Lipinski definition) is 3. The van der Waals surface area contributed by atoms with E-state index in [1.54, 1.807) is 0 Å². The van der Waals surface area contributed by atoms with E-state index in [1.165, 1.54) is 103 Å². The van der Waals surface area contributed by atoms with Crippen LogP contribution >= 0.6 is 15.6 Å². The summed E-state index contributed by atoms with van der Waals surface area (Å²) in [6, 6.07) is 0. The number of carbonyl (C=O) groups excluding carboxylic acids is 4. The van der Waals surface area contributed by atoms with Crippen LogP contribution in [-0.2, 0) is 65.4 Å². The van der Waals surface area contributed by atoms with Crippen LogP contribution in [0.5, 0.6) is 0 Å². The molecule has 0 amide bonds. The first kappa shape index (κ1) is 80.1. The van der Waals surface area contributed by atoms with Crippen molar-refractivity contribution in [3.8, 4) is 0 Å². The van der Waals surface area contributed by atoms with Crippen LogP contribution in [0, 0.1) is 17.8 Å². The number of phosphoric ester groups is 2.